The van der Waals surface area contributed by atoms with Crippen LogP contribution in [0.2, 0.25) is 0 Å². The van der Waals surface area contributed by atoms with Gasteiger partial charge in [0.2, 0.25) is 0 Å². The van der Waals surface area contributed by atoms with E-state index in [4.69, 9.17) is 14.3 Å². The maximum atomic E-state index is 11.1. The standard InChI is InChI=1S/C7H17N2O6PS/c10-16(11,12)7(5-17(13,14)15)9-6-2-1-3-8-4-6/h6-9H,1-5H2,(H2,10,11,12)(H,13,14,15). The van der Waals surface area contributed by atoms with Crippen LogP contribution in [0.4, 0.5) is 0 Å². The maximum absolute atomic E-state index is 11.1. The van der Waals surface area contributed by atoms with Crippen molar-refractivity contribution >= 4 is 17.7 Å². The van der Waals surface area contributed by atoms with E-state index >= 15 is 0 Å². The topological polar surface area (TPSA) is 136 Å². The first-order valence-corrected chi connectivity index (χ1v) is 8.45. The third-order valence-electron chi connectivity index (χ3n) is 2.50. The summed E-state index contributed by atoms with van der Waals surface area (Å²) in [4.78, 5) is 18.0. The molecular weight excluding hydrogens is 271 g/mol. The molecule has 0 aromatic carbocycles. The summed E-state index contributed by atoms with van der Waals surface area (Å²) in [5.41, 5.74) is 0. The molecule has 1 rings (SSSR count). The van der Waals surface area contributed by atoms with Gasteiger partial charge in [0, 0.05) is 12.6 Å². The Morgan fingerprint density at radius 3 is 2.53 bits per heavy atom. The SMILES string of the molecule is O=P(O)(O)C(CS(=O)(=O)O)NC1CCCNC1. The molecule has 1 aliphatic rings. The Bertz CT molecular complexity index is 387. The van der Waals surface area contributed by atoms with Gasteiger partial charge in [-0.2, -0.15) is 8.42 Å². The first-order chi connectivity index (χ1) is 7.68. The highest BCUT2D eigenvalue weighted by Gasteiger charge is 2.34. The molecule has 1 saturated heterocycles. The molecule has 0 radical (unpaired) electrons. The maximum Gasteiger partial charge on any atom is 0.343 e. The second-order valence-corrected chi connectivity index (χ2v) is 7.36. The molecule has 17 heavy (non-hydrogen) atoms. The van der Waals surface area contributed by atoms with E-state index in [0.717, 1.165) is 13.0 Å². The van der Waals surface area contributed by atoms with Crippen molar-refractivity contribution in [3.63, 3.8) is 0 Å². The van der Waals surface area contributed by atoms with Crippen LogP contribution in [0.1, 0.15) is 12.8 Å². The minimum atomic E-state index is -4.62. The zero-order valence-corrected chi connectivity index (χ0v) is 10.8. The zero-order valence-electron chi connectivity index (χ0n) is 9.11. The van der Waals surface area contributed by atoms with Crippen LogP contribution in [0.5, 0.6) is 0 Å². The van der Waals surface area contributed by atoms with Crippen LogP contribution in [-0.4, -0.2) is 53.4 Å². The lowest BCUT2D eigenvalue weighted by molar-refractivity contribution is 0.323. The van der Waals surface area contributed by atoms with Crippen molar-refractivity contribution in [2.45, 2.75) is 24.7 Å². The lowest BCUT2D eigenvalue weighted by Crippen LogP contribution is -2.49. The Morgan fingerprint density at radius 2 is 2.12 bits per heavy atom. The van der Waals surface area contributed by atoms with Crippen LogP contribution < -0.4 is 10.6 Å². The van der Waals surface area contributed by atoms with E-state index in [1.165, 1.54) is 0 Å². The Kier molecular flexibility index (Phi) is 5.08. The van der Waals surface area contributed by atoms with Crippen molar-refractivity contribution in [2.24, 2.45) is 0 Å². The molecule has 1 fully saturated rings. The minimum Gasteiger partial charge on any atom is -0.323 e. The van der Waals surface area contributed by atoms with Crippen LogP contribution in [0.3, 0.4) is 0 Å². The normalized spacial score (nSPS) is 24.5. The number of hydrogen-bond donors (Lipinski definition) is 5. The van der Waals surface area contributed by atoms with Crippen LogP contribution in [0.25, 0.3) is 0 Å². The van der Waals surface area contributed by atoms with Crippen LogP contribution >= 0.6 is 7.60 Å². The van der Waals surface area contributed by atoms with Crippen molar-refractivity contribution in [2.75, 3.05) is 18.8 Å². The molecule has 102 valence electrons. The van der Waals surface area contributed by atoms with E-state index in [2.05, 4.69) is 10.6 Å². The molecule has 0 amide bonds. The molecule has 0 spiro atoms. The largest absolute Gasteiger partial charge is 0.343 e. The molecule has 0 aromatic rings. The highest BCUT2D eigenvalue weighted by molar-refractivity contribution is 7.86. The van der Waals surface area contributed by atoms with Crippen LogP contribution in [0.15, 0.2) is 0 Å². The Balaban J connectivity index is 2.67. The van der Waals surface area contributed by atoms with Gasteiger partial charge in [0.1, 0.15) is 11.5 Å². The summed E-state index contributed by atoms with van der Waals surface area (Å²) in [6.45, 7) is 1.35. The second kappa shape index (κ2) is 5.75. The average molecular weight is 288 g/mol. The quantitative estimate of drug-likeness (QED) is 0.312. The van der Waals surface area contributed by atoms with Gasteiger partial charge in [0.25, 0.3) is 10.1 Å². The smallest absolute Gasteiger partial charge is 0.323 e. The molecule has 2 unspecified atom stereocenters. The lowest BCUT2D eigenvalue weighted by Gasteiger charge is -2.28. The van der Waals surface area contributed by atoms with E-state index in [1.807, 2.05) is 0 Å². The fraction of sp³-hybridized carbons (Fsp3) is 1.00. The molecule has 1 heterocycles. The van der Waals surface area contributed by atoms with E-state index in [-0.39, 0.29) is 6.04 Å². The predicted octanol–water partition coefficient (Wildman–Crippen LogP) is -1.28. The van der Waals surface area contributed by atoms with Gasteiger partial charge < -0.3 is 15.1 Å². The third kappa shape index (κ3) is 5.91. The summed E-state index contributed by atoms with van der Waals surface area (Å²) in [7, 11) is -9.05. The number of nitrogens with one attached hydrogen (secondary N) is 2. The molecule has 0 saturated carbocycles. The first kappa shape index (κ1) is 15.0. The highest BCUT2D eigenvalue weighted by Crippen LogP contribution is 2.40. The van der Waals surface area contributed by atoms with Gasteiger partial charge in [-0.15, -0.1) is 0 Å². The van der Waals surface area contributed by atoms with E-state index < -0.39 is 29.2 Å². The van der Waals surface area contributed by atoms with Crippen molar-refractivity contribution in [1.29, 1.82) is 0 Å². The summed E-state index contributed by atoms with van der Waals surface area (Å²) < 4.78 is 41.1. The summed E-state index contributed by atoms with van der Waals surface area (Å²) in [5.74, 6) is -2.56. The monoisotopic (exact) mass is 288 g/mol. The minimum absolute atomic E-state index is 0.205. The Hall–Kier alpha value is -0.0200. The Labute approximate surface area is 99.7 Å². The average Bonchev–Trinajstić information content (AvgIpc) is 2.15. The fourth-order valence-electron chi connectivity index (χ4n) is 1.71. The van der Waals surface area contributed by atoms with Crippen molar-refractivity contribution < 1.29 is 27.3 Å². The zero-order chi connectivity index (χ0) is 13.1. The van der Waals surface area contributed by atoms with Gasteiger partial charge in [0.15, 0.2) is 0 Å². The van der Waals surface area contributed by atoms with Gasteiger partial charge in [-0.3, -0.25) is 14.4 Å². The molecule has 8 nitrogen and oxygen atoms in total. The molecule has 0 bridgehead atoms. The fourth-order valence-corrected chi connectivity index (χ4v) is 3.95. The molecular formula is C7H17N2O6PS. The molecule has 0 aromatic heterocycles. The number of hydrogen-bond acceptors (Lipinski definition) is 5. The Morgan fingerprint density at radius 1 is 1.47 bits per heavy atom. The van der Waals surface area contributed by atoms with Crippen LogP contribution in [0, 0.1) is 0 Å². The molecule has 5 N–H and O–H groups in total. The van der Waals surface area contributed by atoms with Gasteiger partial charge in [-0.05, 0) is 19.4 Å². The molecule has 2 atom stereocenters. The first-order valence-electron chi connectivity index (χ1n) is 5.15. The van der Waals surface area contributed by atoms with Crippen LogP contribution in [-0.2, 0) is 14.7 Å². The lowest BCUT2D eigenvalue weighted by atomic mass is 10.1. The number of rotatable bonds is 5. The predicted molar refractivity (Wildman–Crippen MR) is 61.3 cm³/mol. The van der Waals surface area contributed by atoms with Gasteiger partial charge in [0.05, 0.1) is 0 Å². The van der Waals surface area contributed by atoms with Crippen molar-refractivity contribution in [3.8, 4) is 0 Å². The van der Waals surface area contributed by atoms with Crippen molar-refractivity contribution in [3.05, 3.63) is 0 Å². The highest BCUT2D eigenvalue weighted by atomic mass is 32.2. The van der Waals surface area contributed by atoms with Gasteiger partial charge in [-0.25, -0.2) is 0 Å². The van der Waals surface area contributed by atoms with Gasteiger partial charge >= 0.3 is 7.60 Å². The summed E-state index contributed by atoms with van der Waals surface area (Å²) in [5, 5.41) is 5.61. The van der Waals surface area contributed by atoms with E-state index in [0.29, 0.717) is 13.0 Å². The number of piperidine rings is 1. The summed E-state index contributed by atoms with van der Waals surface area (Å²) in [6, 6.07) is -0.205. The summed E-state index contributed by atoms with van der Waals surface area (Å²) in [6.07, 6.45) is 1.55. The van der Waals surface area contributed by atoms with Crippen molar-refractivity contribution in [1.82, 2.24) is 10.6 Å². The van der Waals surface area contributed by atoms with E-state index in [9.17, 15) is 13.0 Å². The molecule has 0 aliphatic carbocycles. The molecule has 1 aliphatic heterocycles. The second-order valence-electron chi connectivity index (χ2n) is 4.06. The molecule has 10 heteroatoms. The summed E-state index contributed by atoms with van der Waals surface area (Å²) >= 11 is 0. The van der Waals surface area contributed by atoms with E-state index in [1.54, 1.807) is 0 Å². The van der Waals surface area contributed by atoms with Gasteiger partial charge in [-0.1, -0.05) is 0 Å². The third-order valence-corrected chi connectivity index (χ3v) is 4.64.